The van der Waals surface area contributed by atoms with Gasteiger partial charge in [0.05, 0.1) is 0 Å². The van der Waals surface area contributed by atoms with E-state index in [2.05, 4.69) is 31.0 Å². The van der Waals surface area contributed by atoms with Crippen LogP contribution in [0.4, 0.5) is 11.4 Å². The highest BCUT2D eigenvalue weighted by molar-refractivity contribution is 5.76. The van der Waals surface area contributed by atoms with Gasteiger partial charge in [-0.3, -0.25) is 24.0 Å². The number of hydrogen-bond acceptors (Lipinski definition) is 10. The number of piperidine rings is 1. The molecule has 0 bridgehead atoms. The number of nitrogens with one attached hydrogen (secondary N) is 1. The maximum absolute atomic E-state index is 13.6. The molecule has 1 saturated heterocycles. The van der Waals surface area contributed by atoms with Gasteiger partial charge in [-0.2, -0.15) is 0 Å². The summed E-state index contributed by atoms with van der Waals surface area (Å²) in [6, 6.07) is 0. The minimum Gasteiger partial charge on any atom is -0.465 e. The average molecular weight is 845 g/mol. The van der Waals surface area contributed by atoms with E-state index in [0.717, 1.165) is 77.3 Å². The SMILES string of the molecule is CCCCCCCCCCCC(=O)OCC1(COC(=O)CCCCCCCCCCC)CCN(C(=O)CCN(CCCCCC)CCCNc2c(N(C)C)c(=O)c2=O)CC1. The standard InChI is InChI=1S/C49H88N4O7/c1-6-9-12-15-17-19-21-23-25-29-43(55)59-40-49(41-60-44(56)30-26-24-22-20-18-16-13-10-7-2)32-38-53(39-33-49)42(54)31-37-52(35-27-14-11-8-3)36-28-34-50-45-46(51(4)5)48(58)47(45)57/h50H,6-41H2,1-5H3. The van der Waals surface area contributed by atoms with Gasteiger partial charge >= 0.3 is 11.9 Å². The Morgan fingerprint density at radius 1 is 0.567 bits per heavy atom. The molecule has 0 aliphatic carbocycles. The molecule has 1 heterocycles. The Kier molecular flexibility index (Phi) is 29.0. The lowest BCUT2D eigenvalue weighted by atomic mass is 9.79. The Hall–Kier alpha value is -2.95. The first-order chi connectivity index (χ1) is 29.1. The van der Waals surface area contributed by atoms with E-state index in [-0.39, 0.29) is 31.1 Å². The molecule has 1 fully saturated rings. The van der Waals surface area contributed by atoms with Crippen LogP contribution in [0.1, 0.15) is 201 Å². The summed E-state index contributed by atoms with van der Waals surface area (Å²) >= 11 is 0. The van der Waals surface area contributed by atoms with Gasteiger partial charge in [-0.25, -0.2) is 0 Å². The largest absolute Gasteiger partial charge is 0.465 e. The van der Waals surface area contributed by atoms with Crippen molar-refractivity contribution in [1.82, 2.24) is 9.80 Å². The number of carbonyl (C=O) groups excluding carboxylic acids is 3. The normalized spacial score (nSPS) is 13.9. The molecule has 60 heavy (non-hydrogen) atoms. The molecule has 0 saturated carbocycles. The van der Waals surface area contributed by atoms with Gasteiger partial charge in [-0.1, -0.05) is 143 Å². The molecule has 1 aliphatic rings. The van der Waals surface area contributed by atoms with E-state index in [1.807, 2.05) is 4.90 Å². The Morgan fingerprint density at radius 2 is 1.00 bits per heavy atom. The van der Waals surface area contributed by atoms with Crippen LogP contribution in [0.2, 0.25) is 0 Å². The summed E-state index contributed by atoms with van der Waals surface area (Å²) in [6.45, 7) is 11.1. The third-order valence-electron chi connectivity index (χ3n) is 12.5. The molecule has 11 heteroatoms. The molecular formula is C49H88N4O7. The van der Waals surface area contributed by atoms with Crippen molar-refractivity contribution in [3.05, 3.63) is 20.4 Å². The molecule has 346 valence electrons. The van der Waals surface area contributed by atoms with Crippen LogP contribution in [0, 0.1) is 5.41 Å². The first-order valence-corrected chi connectivity index (χ1v) is 24.6. The summed E-state index contributed by atoms with van der Waals surface area (Å²) in [5.41, 5.74) is -0.550. The van der Waals surface area contributed by atoms with Gasteiger partial charge in [-0.05, 0) is 51.6 Å². The smallest absolute Gasteiger partial charge is 0.305 e. The van der Waals surface area contributed by atoms with Crippen molar-refractivity contribution in [3.63, 3.8) is 0 Å². The van der Waals surface area contributed by atoms with Gasteiger partial charge in [0, 0.05) is 65.0 Å². The molecule has 1 aliphatic heterocycles. The van der Waals surface area contributed by atoms with Crippen molar-refractivity contribution in [1.29, 1.82) is 0 Å². The third kappa shape index (κ3) is 22.2. The summed E-state index contributed by atoms with van der Waals surface area (Å²) in [5, 5.41) is 3.17. The maximum atomic E-state index is 13.6. The van der Waals surface area contributed by atoms with Crippen molar-refractivity contribution in [2.75, 3.05) is 76.8 Å². The fraction of sp³-hybridized carbons (Fsp3) is 0.857. The van der Waals surface area contributed by atoms with E-state index < -0.39 is 16.3 Å². The highest BCUT2D eigenvalue weighted by Gasteiger charge is 2.38. The second kappa shape index (κ2) is 32.7. The lowest BCUT2D eigenvalue weighted by Gasteiger charge is -2.41. The number of likely N-dealkylation sites (tertiary alicyclic amines) is 1. The molecule has 2 rings (SSSR count). The van der Waals surface area contributed by atoms with Gasteiger partial charge in [0.25, 0.3) is 10.9 Å². The van der Waals surface area contributed by atoms with E-state index in [1.54, 1.807) is 19.0 Å². The minimum absolute atomic E-state index is 0.115. The van der Waals surface area contributed by atoms with E-state index in [1.165, 1.54) is 83.5 Å². The van der Waals surface area contributed by atoms with Crippen molar-refractivity contribution >= 4 is 29.2 Å². The maximum Gasteiger partial charge on any atom is 0.305 e. The Morgan fingerprint density at radius 3 is 1.47 bits per heavy atom. The van der Waals surface area contributed by atoms with Crippen LogP contribution in [0.25, 0.3) is 0 Å². The summed E-state index contributed by atoms with van der Waals surface area (Å²) in [4.78, 5) is 69.4. The lowest BCUT2D eigenvalue weighted by Crippen LogP contribution is -2.48. The number of nitrogens with zero attached hydrogens (tertiary/aromatic N) is 3. The molecule has 0 spiro atoms. The lowest BCUT2D eigenvalue weighted by molar-refractivity contribution is -0.158. The number of hydrogen-bond donors (Lipinski definition) is 1. The number of anilines is 2. The number of unbranched alkanes of at least 4 members (excludes halogenated alkanes) is 19. The topological polar surface area (TPSA) is 126 Å². The number of amides is 1. The van der Waals surface area contributed by atoms with E-state index in [9.17, 15) is 24.0 Å². The zero-order chi connectivity index (χ0) is 43.9. The molecule has 1 aromatic rings. The van der Waals surface area contributed by atoms with Crippen LogP contribution in [-0.2, 0) is 23.9 Å². The third-order valence-corrected chi connectivity index (χ3v) is 12.5. The molecule has 1 aromatic carbocycles. The second-order valence-electron chi connectivity index (χ2n) is 18.1. The first-order valence-electron chi connectivity index (χ1n) is 24.6. The molecule has 1 N–H and O–H groups in total. The molecular weight excluding hydrogens is 757 g/mol. The number of esters is 2. The Balaban J connectivity index is 1.88. The fourth-order valence-electron chi connectivity index (χ4n) is 8.33. The van der Waals surface area contributed by atoms with Crippen LogP contribution in [0.3, 0.4) is 0 Å². The minimum atomic E-state index is -0.494. The Bertz CT molecular complexity index is 1330. The van der Waals surface area contributed by atoms with Crippen molar-refractivity contribution in [3.8, 4) is 0 Å². The monoisotopic (exact) mass is 845 g/mol. The quantitative estimate of drug-likeness (QED) is 0.0391. The van der Waals surface area contributed by atoms with Crippen LogP contribution in [-0.4, -0.2) is 94.2 Å². The summed E-state index contributed by atoms with van der Waals surface area (Å²) in [5.74, 6) is -0.258. The zero-order valence-corrected chi connectivity index (χ0v) is 39.2. The molecule has 0 aromatic heterocycles. The predicted octanol–water partition coefficient (Wildman–Crippen LogP) is 9.96. The van der Waals surface area contributed by atoms with Gasteiger partial charge in [0.15, 0.2) is 0 Å². The molecule has 0 radical (unpaired) electrons. The highest BCUT2D eigenvalue weighted by Crippen LogP contribution is 2.33. The number of rotatable bonds is 38. The summed E-state index contributed by atoms with van der Waals surface area (Å²) in [7, 11) is 3.53. The van der Waals surface area contributed by atoms with Crippen LogP contribution in [0.15, 0.2) is 9.59 Å². The van der Waals surface area contributed by atoms with Gasteiger partial charge < -0.3 is 29.5 Å². The average Bonchev–Trinajstić information content (AvgIpc) is 3.24. The molecule has 0 atom stereocenters. The van der Waals surface area contributed by atoms with Crippen LogP contribution >= 0.6 is 0 Å². The van der Waals surface area contributed by atoms with Gasteiger partial charge in [0.1, 0.15) is 24.6 Å². The van der Waals surface area contributed by atoms with E-state index in [0.29, 0.717) is 69.7 Å². The van der Waals surface area contributed by atoms with Crippen molar-refractivity contribution < 1.29 is 23.9 Å². The predicted molar refractivity (Wildman–Crippen MR) is 248 cm³/mol. The van der Waals surface area contributed by atoms with E-state index in [4.69, 9.17) is 9.47 Å². The van der Waals surface area contributed by atoms with Gasteiger partial charge in [0.2, 0.25) is 5.91 Å². The van der Waals surface area contributed by atoms with E-state index >= 15 is 0 Å². The molecule has 1 amide bonds. The first kappa shape index (κ1) is 53.2. The Labute approximate surface area is 365 Å². The number of ether oxygens (including phenoxy) is 2. The molecule has 11 nitrogen and oxygen atoms in total. The summed E-state index contributed by atoms with van der Waals surface area (Å²) in [6.07, 6.45) is 29.2. The van der Waals surface area contributed by atoms with Crippen molar-refractivity contribution in [2.45, 2.75) is 201 Å². The second-order valence-corrected chi connectivity index (χ2v) is 18.1. The van der Waals surface area contributed by atoms with Crippen LogP contribution < -0.4 is 21.1 Å². The zero-order valence-electron chi connectivity index (χ0n) is 39.2. The fourth-order valence-corrected chi connectivity index (χ4v) is 8.33. The van der Waals surface area contributed by atoms with Crippen LogP contribution in [0.5, 0.6) is 0 Å². The highest BCUT2D eigenvalue weighted by atomic mass is 16.5. The summed E-state index contributed by atoms with van der Waals surface area (Å²) < 4.78 is 11.8. The molecule has 0 unspecified atom stereocenters. The van der Waals surface area contributed by atoms with Crippen molar-refractivity contribution in [2.24, 2.45) is 5.41 Å². The van der Waals surface area contributed by atoms with Gasteiger partial charge in [-0.15, -0.1) is 0 Å². The number of carbonyl (C=O) groups is 3.